The molecule has 0 unspecified atom stereocenters. The molecule has 0 aliphatic rings. The highest BCUT2D eigenvalue weighted by Crippen LogP contribution is 2.23. The van der Waals surface area contributed by atoms with Crippen molar-refractivity contribution in [2.24, 2.45) is 0 Å². The molecule has 4 rings (SSSR count). The number of anilines is 2. The van der Waals surface area contributed by atoms with Gasteiger partial charge in [-0.25, -0.2) is 9.59 Å². The molecule has 0 spiro atoms. The average molecular weight is 698 g/mol. The van der Waals surface area contributed by atoms with Crippen molar-refractivity contribution < 1.29 is 29.4 Å². The number of nitrogens with one attached hydrogen (secondary N) is 2. The van der Waals surface area contributed by atoms with Crippen LogP contribution in [0.25, 0.3) is 0 Å². The number of rotatable bonds is 9. The summed E-state index contributed by atoms with van der Waals surface area (Å²) in [7, 11) is 0. The van der Waals surface area contributed by atoms with Gasteiger partial charge in [0.2, 0.25) is 0 Å². The maximum Gasteiger partial charge on any atom is 0.337 e. The molecule has 12 heteroatoms. The number of carboxylic acids is 2. The number of hydrogen-bond acceptors (Lipinski definition) is 6. The normalized spacial score (nSPS) is 10.2. The third-order valence-corrected chi connectivity index (χ3v) is 6.68. The maximum atomic E-state index is 12.2. The van der Waals surface area contributed by atoms with Crippen molar-refractivity contribution >= 4 is 67.0 Å². The number of halogens is 2. The number of carboxylic acid groups (broad SMARTS) is 2. The van der Waals surface area contributed by atoms with Gasteiger partial charge in [-0.1, -0.05) is 57.3 Å². The number of nitrogens with zero attached hydrogens (tertiary/aromatic N) is 2. The number of pyridine rings is 2. The summed E-state index contributed by atoms with van der Waals surface area (Å²) in [4.78, 5) is 54.5. The first-order chi connectivity index (χ1) is 20.1. The lowest BCUT2D eigenvalue weighted by atomic mass is 10.1. The van der Waals surface area contributed by atoms with E-state index in [2.05, 4.69) is 59.4 Å². The van der Waals surface area contributed by atoms with E-state index in [4.69, 9.17) is 5.11 Å². The van der Waals surface area contributed by atoms with E-state index in [0.29, 0.717) is 8.95 Å². The number of aromatic carboxylic acids is 2. The fraction of sp³-hybridized carbons (Fsp3) is 0.133. The average Bonchev–Trinajstić information content (AvgIpc) is 2.98. The van der Waals surface area contributed by atoms with Gasteiger partial charge >= 0.3 is 11.9 Å². The van der Waals surface area contributed by atoms with Crippen LogP contribution >= 0.6 is 31.9 Å². The minimum Gasteiger partial charge on any atom is -0.478 e. The zero-order valence-electron chi connectivity index (χ0n) is 22.3. The monoisotopic (exact) mass is 696 g/mol. The molecule has 0 saturated heterocycles. The van der Waals surface area contributed by atoms with Gasteiger partial charge < -0.3 is 20.8 Å². The summed E-state index contributed by atoms with van der Waals surface area (Å²) >= 11 is 6.40. The molecule has 216 valence electrons. The van der Waals surface area contributed by atoms with Crippen LogP contribution in [0.4, 0.5) is 11.4 Å². The highest BCUT2D eigenvalue weighted by atomic mass is 79.9. The van der Waals surface area contributed by atoms with Crippen LogP contribution in [0.3, 0.4) is 0 Å². The number of carbonyl (C=O) groups is 4. The molecule has 2 heterocycles. The second-order valence-electron chi connectivity index (χ2n) is 8.77. The Morgan fingerprint density at radius 2 is 1.29 bits per heavy atom. The summed E-state index contributed by atoms with van der Waals surface area (Å²) in [6.45, 7) is 2.12. The molecule has 0 aliphatic heterocycles. The molecule has 2 aromatic heterocycles. The summed E-state index contributed by atoms with van der Waals surface area (Å²) in [5, 5.41) is 23.4. The molecular formula is C30H26Br2N4O6. The van der Waals surface area contributed by atoms with Crippen LogP contribution in [0, 0.1) is 0 Å². The largest absolute Gasteiger partial charge is 0.478 e. The third kappa shape index (κ3) is 9.32. The Hall–Kier alpha value is -4.42. The molecule has 4 N–H and O–H groups in total. The van der Waals surface area contributed by atoms with Gasteiger partial charge in [0.15, 0.2) is 0 Å². The van der Waals surface area contributed by atoms with Crippen LogP contribution in [-0.2, 0) is 6.42 Å². The summed E-state index contributed by atoms with van der Waals surface area (Å²) in [6.07, 6.45) is 6.29. The topological polar surface area (TPSA) is 159 Å². The molecule has 0 radical (unpaired) electrons. The van der Waals surface area contributed by atoms with Gasteiger partial charge in [-0.05, 0) is 73.0 Å². The van der Waals surface area contributed by atoms with E-state index in [1.807, 2.05) is 6.07 Å². The fourth-order valence-corrected chi connectivity index (χ4v) is 4.28. The van der Waals surface area contributed by atoms with Gasteiger partial charge in [-0.2, -0.15) is 0 Å². The van der Waals surface area contributed by atoms with E-state index in [1.54, 1.807) is 48.7 Å². The number of carbonyl (C=O) groups excluding carboxylic acids is 2. The second kappa shape index (κ2) is 15.5. The Balaban J connectivity index is 0.000000235. The molecule has 2 amide bonds. The third-order valence-electron chi connectivity index (χ3n) is 5.69. The first kappa shape index (κ1) is 32.1. The Kier molecular flexibility index (Phi) is 11.9. The van der Waals surface area contributed by atoms with Crippen molar-refractivity contribution in [3.63, 3.8) is 0 Å². The Morgan fingerprint density at radius 3 is 1.71 bits per heavy atom. The lowest BCUT2D eigenvalue weighted by Gasteiger charge is -2.09. The number of hydrogen-bond donors (Lipinski definition) is 4. The first-order valence-corrected chi connectivity index (χ1v) is 14.2. The van der Waals surface area contributed by atoms with Gasteiger partial charge in [-0.3, -0.25) is 19.6 Å². The number of aryl methyl sites for hydroxylation is 1. The van der Waals surface area contributed by atoms with E-state index in [1.165, 1.54) is 24.4 Å². The van der Waals surface area contributed by atoms with E-state index < -0.39 is 23.8 Å². The van der Waals surface area contributed by atoms with Gasteiger partial charge in [0, 0.05) is 21.3 Å². The molecule has 10 nitrogen and oxygen atoms in total. The molecule has 0 fully saturated rings. The SMILES string of the molecule is CCCCc1ccc(C(=O)Nc2ccc(Br)cc2C(=O)O)nc1.O=C(Nc1ccc(Br)cc1C(=O)O)c1ccccn1. The molecule has 0 bridgehead atoms. The maximum absolute atomic E-state index is 12.2. The summed E-state index contributed by atoms with van der Waals surface area (Å²) in [5.74, 6) is -3.11. The minimum absolute atomic E-state index is 0.0126. The zero-order chi connectivity index (χ0) is 30.6. The fourth-order valence-electron chi connectivity index (χ4n) is 3.56. The molecule has 42 heavy (non-hydrogen) atoms. The van der Waals surface area contributed by atoms with Gasteiger partial charge in [0.25, 0.3) is 11.8 Å². The molecule has 2 aromatic carbocycles. The first-order valence-electron chi connectivity index (χ1n) is 12.6. The van der Waals surface area contributed by atoms with Crippen LogP contribution in [0.2, 0.25) is 0 Å². The van der Waals surface area contributed by atoms with E-state index >= 15 is 0 Å². The number of benzene rings is 2. The molecule has 0 atom stereocenters. The van der Waals surface area contributed by atoms with Crippen molar-refractivity contribution in [3.05, 3.63) is 116 Å². The summed E-state index contributed by atoms with van der Waals surface area (Å²) in [5.41, 5.74) is 2.06. The smallest absolute Gasteiger partial charge is 0.337 e. The zero-order valence-corrected chi connectivity index (χ0v) is 25.5. The second-order valence-corrected chi connectivity index (χ2v) is 10.6. The van der Waals surface area contributed by atoms with Crippen molar-refractivity contribution in [2.75, 3.05) is 10.6 Å². The van der Waals surface area contributed by atoms with Crippen LogP contribution in [0.1, 0.15) is 67.0 Å². The number of unbranched alkanes of at least 4 members (excludes halogenated alkanes) is 1. The van der Waals surface area contributed by atoms with Crippen molar-refractivity contribution in [2.45, 2.75) is 26.2 Å². The van der Waals surface area contributed by atoms with E-state index in [-0.39, 0.29) is 33.9 Å². The summed E-state index contributed by atoms with van der Waals surface area (Å²) < 4.78 is 1.26. The molecular weight excluding hydrogens is 672 g/mol. The standard InChI is InChI=1S/C17H17BrN2O3.C13H9BrN2O3/c1-2-3-4-11-5-7-15(19-10-11)16(21)20-14-8-6-12(18)9-13(14)17(22)23;14-8-4-5-10(9(7-8)13(18)19)16-12(17)11-3-1-2-6-15-11/h5-10H,2-4H2,1H3,(H,20,21)(H,22,23);1-7H,(H,16,17)(H,18,19). The van der Waals surface area contributed by atoms with Crippen molar-refractivity contribution in [3.8, 4) is 0 Å². The highest BCUT2D eigenvalue weighted by Gasteiger charge is 2.16. The Bertz CT molecular complexity index is 1580. The van der Waals surface area contributed by atoms with Gasteiger partial charge in [0.05, 0.1) is 22.5 Å². The molecule has 0 saturated carbocycles. The Labute approximate surface area is 258 Å². The predicted octanol–water partition coefficient (Wildman–Crippen LogP) is 6.93. The molecule has 4 aromatic rings. The van der Waals surface area contributed by atoms with Crippen molar-refractivity contribution in [1.82, 2.24) is 9.97 Å². The van der Waals surface area contributed by atoms with Crippen LogP contribution in [0.15, 0.2) is 88.1 Å². The predicted molar refractivity (Wildman–Crippen MR) is 165 cm³/mol. The lowest BCUT2D eigenvalue weighted by Crippen LogP contribution is -2.16. The lowest BCUT2D eigenvalue weighted by molar-refractivity contribution is 0.0686. The molecule has 0 aliphatic carbocycles. The van der Waals surface area contributed by atoms with Gasteiger partial charge in [-0.15, -0.1) is 0 Å². The highest BCUT2D eigenvalue weighted by molar-refractivity contribution is 9.10. The van der Waals surface area contributed by atoms with Crippen LogP contribution in [-0.4, -0.2) is 43.9 Å². The number of aromatic nitrogens is 2. The van der Waals surface area contributed by atoms with Gasteiger partial charge in [0.1, 0.15) is 11.4 Å². The quantitative estimate of drug-likeness (QED) is 0.147. The van der Waals surface area contributed by atoms with Crippen molar-refractivity contribution in [1.29, 1.82) is 0 Å². The minimum atomic E-state index is -1.11. The van der Waals surface area contributed by atoms with Crippen LogP contribution < -0.4 is 10.6 Å². The number of amides is 2. The Morgan fingerprint density at radius 1 is 0.738 bits per heavy atom. The van der Waals surface area contributed by atoms with E-state index in [0.717, 1.165) is 24.8 Å². The van der Waals surface area contributed by atoms with E-state index in [9.17, 15) is 24.3 Å². The summed E-state index contributed by atoms with van der Waals surface area (Å²) in [6, 6.07) is 17.7. The van der Waals surface area contributed by atoms with Crippen LogP contribution in [0.5, 0.6) is 0 Å².